The molecule has 1 fully saturated rings. The molecule has 38 heavy (non-hydrogen) atoms. The fourth-order valence-corrected chi connectivity index (χ4v) is 6.21. The Kier molecular flexibility index (Phi) is 6.79. The Morgan fingerprint density at radius 3 is 2.16 bits per heavy atom. The van der Waals surface area contributed by atoms with Gasteiger partial charge in [-0.05, 0) is 18.2 Å². The van der Waals surface area contributed by atoms with Crippen molar-refractivity contribution in [1.82, 2.24) is 9.21 Å². The van der Waals surface area contributed by atoms with Crippen molar-refractivity contribution in [3.8, 4) is 0 Å². The number of sulfonamides is 1. The molecule has 3 aromatic carbocycles. The minimum Gasteiger partial charge on any atom is -0.378 e. The first-order valence-electron chi connectivity index (χ1n) is 11.9. The number of carbonyl (C=O) groups is 2. The minimum atomic E-state index is -4.31. The molecule has 2 aliphatic rings. The van der Waals surface area contributed by atoms with E-state index in [1.165, 1.54) is 30.3 Å². The molecule has 3 aromatic rings. The number of nitro benzene ring substituents is 1. The quantitative estimate of drug-likeness (QED) is 0.257. The molecule has 194 valence electrons. The Morgan fingerprint density at radius 2 is 1.50 bits per heavy atom. The molecule has 1 saturated heterocycles. The van der Waals surface area contributed by atoms with Crippen molar-refractivity contribution < 1.29 is 27.7 Å². The normalized spacial score (nSPS) is 16.6. The predicted molar refractivity (Wildman–Crippen MR) is 138 cm³/mol. The Hall–Kier alpha value is -4.35. The molecule has 2 aliphatic heterocycles. The second kappa shape index (κ2) is 10.2. The number of ether oxygens (including phenoxy) is 1. The number of rotatable bonds is 7. The van der Waals surface area contributed by atoms with Gasteiger partial charge in [0.1, 0.15) is 5.70 Å². The summed E-state index contributed by atoms with van der Waals surface area (Å²) in [6.07, 6.45) is 0. The zero-order chi connectivity index (χ0) is 26.9. The van der Waals surface area contributed by atoms with Crippen LogP contribution in [0.1, 0.15) is 26.3 Å². The zero-order valence-electron chi connectivity index (χ0n) is 20.1. The topological polar surface area (TPSA) is 127 Å². The lowest BCUT2D eigenvalue weighted by atomic mass is 10.0. The molecule has 11 heteroatoms. The van der Waals surface area contributed by atoms with Gasteiger partial charge in [0.2, 0.25) is 5.78 Å². The number of morpholine rings is 1. The third-order valence-corrected chi connectivity index (χ3v) is 8.25. The highest BCUT2D eigenvalue weighted by Gasteiger charge is 2.42. The largest absolute Gasteiger partial charge is 0.378 e. The monoisotopic (exact) mass is 533 g/mol. The maximum Gasteiger partial charge on any atom is 0.269 e. The number of benzene rings is 3. The van der Waals surface area contributed by atoms with Gasteiger partial charge in [0.25, 0.3) is 15.7 Å². The van der Waals surface area contributed by atoms with Crippen molar-refractivity contribution in [2.45, 2.75) is 4.90 Å². The van der Waals surface area contributed by atoms with Crippen molar-refractivity contribution in [3.63, 3.8) is 0 Å². The van der Waals surface area contributed by atoms with Crippen molar-refractivity contribution in [3.05, 3.63) is 111 Å². The predicted octanol–water partition coefficient (Wildman–Crippen LogP) is 3.37. The summed E-state index contributed by atoms with van der Waals surface area (Å²) in [6.45, 7) is 0.995. The first-order valence-corrected chi connectivity index (χ1v) is 13.3. The van der Waals surface area contributed by atoms with Crippen LogP contribution >= 0.6 is 0 Å². The third kappa shape index (κ3) is 4.57. The van der Waals surface area contributed by atoms with Gasteiger partial charge in [0.05, 0.1) is 35.3 Å². The average molecular weight is 534 g/mol. The highest BCUT2D eigenvalue weighted by molar-refractivity contribution is 7.89. The van der Waals surface area contributed by atoms with Crippen LogP contribution in [0.15, 0.2) is 89.5 Å². The van der Waals surface area contributed by atoms with Gasteiger partial charge >= 0.3 is 0 Å². The molecule has 0 aromatic heterocycles. The first kappa shape index (κ1) is 25.3. The van der Waals surface area contributed by atoms with Crippen LogP contribution in [0.25, 0.3) is 5.70 Å². The van der Waals surface area contributed by atoms with Crippen LogP contribution in [-0.4, -0.2) is 67.0 Å². The number of nitro groups is 1. The number of nitrogens with zero attached hydrogens (tertiary/aromatic N) is 3. The summed E-state index contributed by atoms with van der Waals surface area (Å²) in [6, 6.07) is 19.6. The lowest BCUT2D eigenvalue weighted by Gasteiger charge is -2.39. The van der Waals surface area contributed by atoms with Crippen LogP contribution in [0.4, 0.5) is 5.69 Å². The molecule has 0 radical (unpaired) electrons. The molecule has 0 saturated carbocycles. The molecule has 10 nitrogen and oxygen atoms in total. The Balaban J connectivity index is 1.69. The summed E-state index contributed by atoms with van der Waals surface area (Å²) in [5, 5.41) is 11.0. The molecule has 5 rings (SSSR count). The highest BCUT2D eigenvalue weighted by Crippen LogP contribution is 2.40. The van der Waals surface area contributed by atoms with E-state index < -0.39 is 33.1 Å². The summed E-state index contributed by atoms with van der Waals surface area (Å²) in [5.74, 6) is -1.15. The number of non-ortho nitro benzene ring substituents is 1. The maximum atomic E-state index is 14.0. The summed E-state index contributed by atoms with van der Waals surface area (Å²) in [5.41, 5.74) is 0.846. The number of hydrogen-bond acceptors (Lipinski definition) is 8. The van der Waals surface area contributed by atoms with Gasteiger partial charge in [-0.2, -0.15) is 0 Å². The van der Waals surface area contributed by atoms with Gasteiger partial charge in [-0.25, -0.2) is 8.42 Å². The van der Waals surface area contributed by atoms with Crippen LogP contribution in [0.3, 0.4) is 0 Å². The van der Waals surface area contributed by atoms with Crippen molar-refractivity contribution in [2.24, 2.45) is 0 Å². The van der Waals surface area contributed by atoms with Crippen molar-refractivity contribution in [1.29, 1.82) is 0 Å². The van der Waals surface area contributed by atoms with Gasteiger partial charge in [0.15, 0.2) is 5.78 Å². The van der Waals surface area contributed by atoms with E-state index in [2.05, 4.69) is 0 Å². The molecule has 0 unspecified atom stereocenters. The summed E-state index contributed by atoms with van der Waals surface area (Å²) >= 11 is 0. The fourth-order valence-electron chi connectivity index (χ4n) is 4.58. The van der Waals surface area contributed by atoms with Crippen molar-refractivity contribution >= 4 is 33.0 Å². The SMILES string of the molecule is O=C(CN1C(C(=O)c2ccccc2)=C(N2CCOCC2)c2ccccc2S1(=O)=O)c1ccc([N+](=O)[O-])cc1. The lowest BCUT2D eigenvalue weighted by molar-refractivity contribution is -0.384. The van der Waals surface area contributed by atoms with Gasteiger partial charge in [-0.1, -0.05) is 48.5 Å². The number of hydrogen-bond donors (Lipinski definition) is 0. The van der Waals surface area contributed by atoms with Gasteiger partial charge < -0.3 is 9.64 Å². The van der Waals surface area contributed by atoms with E-state index in [-0.39, 0.29) is 27.4 Å². The fraction of sp³-hybridized carbons (Fsp3) is 0.185. The summed E-state index contributed by atoms with van der Waals surface area (Å²) < 4.78 is 34.3. The van der Waals surface area contributed by atoms with E-state index in [4.69, 9.17) is 4.74 Å². The molecule has 0 N–H and O–H groups in total. The van der Waals surface area contributed by atoms with Crippen LogP contribution in [0.5, 0.6) is 0 Å². The Bertz CT molecular complexity index is 1540. The molecule has 2 heterocycles. The average Bonchev–Trinajstić information content (AvgIpc) is 2.95. The van der Waals surface area contributed by atoms with Crippen LogP contribution in [0.2, 0.25) is 0 Å². The van der Waals surface area contributed by atoms with Gasteiger partial charge in [-0.15, -0.1) is 0 Å². The summed E-state index contributed by atoms with van der Waals surface area (Å²) in [7, 11) is -4.31. The number of Topliss-reactive ketones (excluding diaryl/α,β-unsaturated/α-hetero) is 2. The van der Waals surface area contributed by atoms with E-state index in [1.807, 2.05) is 4.90 Å². The van der Waals surface area contributed by atoms with E-state index >= 15 is 0 Å². The molecule has 0 atom stereocenters. The molecule has 0 bridgehead atoms. The second-order valence-electron chi connectivity index (χ2n) is 8.73. The van der Waals surface area contributed by atoms with Crippen molar-refractivity contribution in [2.75, 3.05) is 32.8 Å². The number of allylic oxidation sites excluding steroid dienone is 1. The third-order valence-electron chi connectivity index (χ3n) is 6.45. The molecular formula is C27H23N3O7S. The van der Waals surface area contributed by atoms with Crippen LogP contribution < -0.4 is 0 Å². The van der Waals surface area contributed by atoms with E-state index in [0.29, 0.717) is 37.6 Å². The van der Waals surface area contributed by atoms with E-state index in [9.17, 15) is 28.1 Å². The van der Waals surface area contributed by atoms with E-state index in [1.54, 1.807) is 48.5 Å². The lowest BCUT2D eigenvalue weighted by Crippen LogP contribution is -2.45. The molecule has 0 aliphatic carbocycles. The number of ketones is 2. The Labute approximate surface area is 218 Å². The van der Waals surface area contributed by atoms with Crippen LogP contribution in [0, 0.1) is 10.1 Å². The van der Waals surface area contributed by atoms with Gasteiger partial charge in [-0.3, -0.25) is 24.0 Å². The van der Waals surface area contributed by atoms with E-state index in [0.717, 1.165) is 4.31 Å². The Morgan fingerprint density at radius 1 is 0.868 bits per heavy atom. The molecule has 0 spiro atoms. The minimum absolute atomic E-state index is 0.0115. The zero-order valence-corrected chi connectivity index (χ0v) is 21.0. The maximum absolute atomic E-state index is 14.0. The smallest absolute Gasteiger partial charge is 0.269 e. The molecule has 0 amide bonds. The molecular weight excluding hydrogens is 510 g/mol. The summed E-state index contributed by atoms with van der Waals surface area (Å²) in [4.78, 5) is 39.7. The number of fused-ring (bicyclic) bond motifs is 1. The highest BCUT2D eigenvalue weighted by atomic mass is 32.2. The van der Waals surface area contributed by atoms with Crippen LogP contribution in [-0.2, 0) is 14.8 Å². The second-order valence-corrected chi connectivity index (χ2v) is 10.6. The standard InChI is InChI=1S/C27H23N3O7S/c31-23(19-10-12-21(13-11-19)30(33)34)18-29-26(27(32)20-6-2-1-3-7-20)25(28-14-16-37-17-15-28)22-8-4-5-9-24(22)38(29,35)36/h1-13H,14-18H2. The number of carbonyl (C=O) groups excluding carboxylic acids is 2. The van der Waals surface area contributed by atoms with Gasteiger partial charge in [0, 0.05) is 41.9 Å². The first-order chi connectivity index (χ1) is 18.3.